The number of anilines is 1. The molecular weight excluding hydrogens is 257 g/mol. The van der Waals surface area contributed by atoms with Crippen LogP contribution in [0, 0.1) is 5.82 Å². The van der Waals surface area contributed by atoms with E-state index in [1.165, 1.54) is 12.3 Å². The SMILES string of the molecule is Fc1ccc(N2CC(c3nnc4ccccn34)C2)nc1. The van der Waals surface area contributed by atoms with E-state index in [2.05, 4.69) is 20.1 Å². The fraction of sp³-hybridized carbons (Fsp3) is 0.214. The first kappa shape index (κ1) is 11.3. The molecule has 0 saturated carbocycles. The molecule has 1 saturated heterocycles. The summed E-state index contributed by atoms with van der Waals surface area (Å²) < 4.78 is 14.9. The van der Waals surface area contributed by atoms with Gasteiger partial charge in [-0.3, -0.25) is 4.40 Å². The molecule has 0 bridgehead atoms. The van der Waals surface area contributed by atoms with Crippen molar-refractivity contribution in [1.29, 1.82) is 0 Å². The van der Waals surface area contributed by atoms with Gasteiger partial charge >= 0.3 is 0 Å². The molecule has 1 aliphatic heterocycles. The Kier molecular flexibility index (Phi) is 2.42. The molecule has 0 spiro atoms. The minimum absolute atomic E-state index is 0.311. The number of hydrogen-bond donors (Lipinski definition) is 0. The van der Waals surface area contributed by atoms with Gasteiger partial charge in [0.25, 0.3) is 0 Å². The number of halogens is 1. The second-order valence-corrected chi connectivity index (χ2v) is 4.92. The quantitative estimate of drug-likeness (QED) is 0.712. The van der Waals surface area contributed by atoms with Gasteiger partial charge in [-0.05, 0) is 24.3 Å². The number of nitrogens with zero attached hydrogens (tertiary/aromatic N) is 5. The fourth-order valence-electron chi connectivity index (χ4n) is 2.52. The Hall–Kier alpha value is -2.50. The summed E-state index contributed by atoms with van der Waals surface area (Å²) in [6.07, 6.45) is 3.22. The average molecular weight is 269 g/mol. The summed E-state index contributed by atoms with van der Waals surface area (Å²) in [7, 11) is 0. The second kappa shape index (κ2) is 4.26. The van der Waals surface area contributed by atoms with Crippen LogP contribution in [0.1, 0.15) is 11.7 Å². The van der Waals surface area contributed by atoms with Crippen molar-refractivity contribution in [2.24, 2.45) is 0 Å². The average Bonchev–Trinajstić information content (AvgIpc) is 2.84. The van der Waals surface area contributed by atoms with Gasteiger partial charge in [0, 0.05) is 19.3 Å². The van der Waals surface area contributed by atoms with E-state index in [0.29, 0.717) is 5.92 Å². The van der Waals surface area contributed by atoms with Gasteiger partial charge in [0.2, 0.25) is 0 Å². The molecule has 6 heteroatoms. The van der Waals surface area contributed by atoms with Crippen LogP contribution in [0.4, 0.5) is 10.2 Å². The Labute approximate surface area is 114 Å². The molecule has 5 nitrogen and oxygen atoms in total. The lowest BCUT2D eigenvalue weighted by Crippen LogP contribution is -2.46. The van der Waals surface area contributed by atoms with E-state index in [1.807, 2.05) is 28.8 Å². The monoisotopic (exact) mass is 269 g/mol. The zero-order chi connectivity index (χ0) is 13.5. The maximum atomic E-state index is 12.8. The molecule has 3 aromatic rings. The van der Waals surface area contributed by atoms with E-state index >= 15 is 0 Å². The molecule has 100 valence electrons. The highest BCUT2D eigenvalue weighted by Gasteiger charge is 2.32. The number of fused-ring (bicyclic) bond motifs is 1. The van der Waals surface area contributed by atoms with Gasteiger partial charge in [0.05, 0.1) is 12.1 Å². The van der Waals surface area contributed by atoms with Crippen LogP contribution in [-0.4, -0.2) is 32.7 Å². The van der Waals surface area contributed by atoms with E-state index in [1.54, 1.807) is 6.07 Å². The zero-order valence-corrected chi connectivity index (χ0v) is 10.6. The zero-order valence-electron chi connectivity index (χ0n) is 10.6. The largest absolute Gasteiger partial charge is 0.355 e. The van der Waals surface area contributed by atoms with E-state index in [9.17, 15) is 4.39 Å². The lowest BCUT2D eigenvalue weighted by atomic mass is 9.99. The highest BCUT2D eigenvalue weighted by atomic mass is 19.1. The molecule has 1 fully saturated rings. The molecule has 0 N–H and O–H groups in total. The topological polar surface area (TPSA) is 46.3 Å². The van der Waals surface area contributed by atoms with Crippen molar-refractivity contribution in [3.63, 3.8) is 0 Å². The highest BCUT2D eigenvalue weighted by Crippen LogP contribution is 2.29. The Balaban J connectivity index is 1.55. The van der Waals surface area contributed by atoms with Crippen molar-refractivity contribution < 1.29 is 4.39 Å². The second-order valence-electron chi connectivity index (χ2n) is 4.92. The first-order valence-corrected chi connectivity index (χ1v) is 6.47. The van der Waals surface area contributed by atoms with Crippen molar-refractivity contribution in [3.8, 4) is 0 Å². The molecular formula is C14H12FN5. The Morgan fingerprint density at radius 3 is 2.80 bits per heavy atom. The molecule has 20 heavy (non-hydrogen) atoms. The van der Waals surface area contributed by atoms with Crippen LogP contribution in [0.2, 0.25) is 0 Å². The van der Waals surface area contributed by atoms with Gasteiger partial charge in [-0.2, -0.15) is 0 Å². The van der Waals surface area contributed by atoms with Crippen molar-refractivity contribution in [2.45, 2.75) is 5.92 Å². The molecule has 4 rings (SSSR count). The molecule has 0 aliphatic carbocycles. The fourth-order valence-corrected chi connectivity index (χ4v) is 2.52. The third-order valence-corrected chi connectivity index (χ3v) is 3.62. The molecule has 0 unspecified atom stereocenters. The molecule has 0 amide bonds. The lowest BCUT2D eigenvalue weighted by molar-refractivity contribution is 0.491. The van der Waals surface area contributed by atoms with Crippen LogP contribution in [-0.2, 0) is 0 Å². The van der Waals surface area contributed by atoms with E-state index in [0.717, 1.165) is 30.4 Å². The molecule has 4 heterocycles. The van der Waals surface area contributed by atoms with Crippen LogP contribution in [0.3, 0.4) is 0 Å². The van der Waals surface area contributed by atoms with E-state index < -0.39 is 0 Å². The summed E-state index contributed by atoms with van der Waals surface area (Å²) >= 11 is 0. The van der Waals surface area contributed by atoms with Crippen molar-refractivity contribution in [3.05, 3.63) is 54.4 Å². The lowest BCUT2D eigenvalue weighted by Gasteiger charge is -2.39. The first-order valence-electron chi connectivity index (χ1n) is 6.47. The summed E-state index contributed by atoms with van der Waals surface area (Å²) in [5.74, 6) is 1.80. The molecule has 0 atom stereocenters. The molecule has 0 radical (unpaired) electrons. The van der Waals surface area contributed by atoms with E-state index in [4.69, 9.17) is 0 Å². The summed E-state index contributed by atoms with van der Waals surface area (Å²) in [5.41, 5.74) is 0.862. The summed E-state index contributed by atoms with van der Waals surface area (Å²) in [6, 6.07) is 8.99. The van der Waals surface area contributed by atoms with Crippen LogP contribution in [0.25, 0.3) is 5.65 Å². The van der Waals surface area contributed by atoms with Crippen LogP contribution < -0.4 is 4.90 Å². The highest BCUT2D eigenvalue weighted by molar-refractivity contribution is 5.45. The smallest absolute Gasteiger partial charge is 0.160 e. The number of rotatable bonds is 2. The first-order chi connectivity index (χ1) is 9.81. The van der Waals surface area contributed by atoms with Gasteiger partial charge in [0.1, 0.15) is 17.5 Å². The maximum Gasteiger partial charge on any atom is 0.160 e. The minimum Gasteiger partial charge on any atom is -0.355 e. The normalized spacial score (nSPS) is 15.6. The molecule has 1 aliphatic rings. The van der Waals surface area contributed by atoms with Crippen molar-refractivity contribution in [1.82, 2.24) is 19.6 Å². The van der Waals surface area contributed by atoms with Crippen LogP contribution in [0.5, 0.6) is 0 Å². The van der Waals surface area contributed by atoms with Crippen molar-refractivity contribution >= 4 is 11.5 Å². The van der Waals surface area contributed by atoms with Gasteiger partial charge < -0.3 is 4.90 Å². The summed E-state index contributed by atoms with van der Waals surface area (Å²) in [4.78, 5) is 6.19. The van der Waals surface area contributed by atoms with Crippen molar-refractivity contribution in [2.75, 3.05) is 18.0 Å². The predicted octanol–water partition coefficient (Wildman–Crippen LogP) is 1.87. The van der Waals surface area contributed by atoms with Gasteiger partial charge in [0.15, 0.2) is 5.65 Å². The Morgan fingerprint density at radius 1 is 1.10 bits per heavy atom. The van der Waals surface area contributed by atoms with Crippen LogP contribution in [0.15, 0.2) is 42.7 Å². The molecule has 0 aromatic carbocycles. The molecule has 3 aromatic heterocycles. The number of pyridine rings is 2. The third kappa shape index (κ3) is 1.72. The summed E-state index contributed by atoms with van der Waals surface area (Å²) in [5, 5.41) is 8.43. The van der Waals surface area contributed by atoms with E-state index in [-0.39, 0.29) is 5.82 Å². The van der Waals surface area contributed by atoms with Crippen LogP contribution >= 0.6 is 0 Å². The summed E-state index contributed by atoms with van der Waals surface area (Å²) in [6.45, 7) is 1.66. The maximum absolute atomic E-state index is 12.8. The van der Waals surface area contributed by atoms with Gasteiger partial charge in [-0.15, -0.1) is 10.2 Å². The predicted molar refractivity (Wildman–Crippen MR) is 72.1 cm³/mol. The Morgan fingerprint density at radius 2 is 2.00 bits per heavy atom. The standard InChI is InChI=1S/C14H12FN5/c15-11-4-5-12(16-7-11)19-8-10(9-19)14-18-17-13-3-1-2-6-20(13)14/h1-7,10H,8-9H2. The third-order valence-electron chi connectivity index (χ3n) is 3.62. The Bertz CT molecular complexity index is 746. The van der Waals surface area contributed by atoms with Gasteiger partial charge in [-0.25, -0.2) is 9.37 Å². The minimum atomic E-state index is -0.311. The van der Waals surface area contributed by atoms with Gasteiger partial charge in [-0.1, -0.05) is 6.07 Å². The number of aromatic nitrogens is 4. The number of hydrogen-bond acceptors (Lipinski definition) is 4.